The van der Waals surface area contributed by atoms with E-state index in [0.29, 0.717) is 0 Å². The Kier molecular flexibility index (Phi) is 3.65. The summed E-state index contributed by atoms with van der Waals surface area (Å²) >= 11 is 0. The van der Waals surface area contributed by atoms with E-state index in [1.165, 1.54) is 11.1 Å². The van der Waals surface area contributed by atoms with Crippen molar-refractivity contribution in [2.24, 2.45) is 0 Å². The first-order valence-corrected chi connectivity index (χ1v) is 7.38. The van der Waals surface area contributed by atoms with E-state index in [1.54, 1.807) is 0 Å². The average molecular weight is 280 g/mol. The molecular formula is C18H20N2O. The first-order chi connectivity index (χ1) is 10.2. The molecule has 0 radical (unpaired) electrons. The number of nitrogens with one attached hydrogen (secondary N) is 1. The van der Waals surface area contributed by atoms with Gasteiger partial charge in [0.2, 0.25) is 0 Å². The number of hydrogen-bond acceptors (Lipinski definition) is 2. The van der Waals surface area contributed by atoms with Crippen molar-refractivity contribution >= 4 is 17.3 Å². The van der Waals surface area contributed by atoms with E-state index >= 15 is 0 Å². The summed E-state index contributed by atoms with van der Waals surface area (Å²) in [5, 5.41) is 3.42. The summed E-state index contributed by atoms with van der Waals surface area (Å²) in [4.78, 5) is 14.4. The molecule has 2 aromatic rings. The molecular weight excluding hydrogens is 260 g/mol. The first kappa shape index (κ1) is 13.7. The highest BCUT2D eigenvalue weighted by Gasteiger charge is 2.23. The minimum atomic E-state index is 0.120. The molecule has 3 heteroatoms. The van der Waals surface area contributed by atoms with Crippen molar-refractivity contribution in [3.05, 3.63) is 59.2 Å². The number of nitrogens with zero attached hydrogens (tertiary/aromatic N) is 1. The lowest BCUT2D eigenvalue weighted by Crippen LogP contribution is -2.42. The fraction of sp³-hybridized carbons (Fsp3) is 0.278. The van der Waals surface area contributed by atoms with Crippen molar-refractivity contribution in [1.82, 2.24) is 4.90 Å². The van der Waals surface area contributed by atoms with Gasteiger partial charge in [-0.2, -0.15) is 0 Å². The van der Waals surface area contributed by atoms with Crippen LogP contribution in [0.5, 0.6) is 0 Å². The second kappa shape index (κ2) is 5.60. The third-order valence-corrected chi connectivity index (χ3v) is 4.17. The zero-order valence-electron chi connectivity index (χ0n) is 12.5. The van der Waals surface area contributed by atoms with Crippen molar-refractivity contribution in [1.29, 1.82) is 0 Å². The maximum absolute atomic E-state index is 12.5. The lowest BCUT2D eigenvalue weighted by atomic mass is 10.1. The van der Waals surface area contributed by atoms with Gasteiger partial charge in [0.05, 0.1) is 11.3 Å². The van der Waals surface area contributed by atoms with Gasteiger partial charge in [-0.05, 0) is 49.6 Å². The predicted octanol–water partition coefficient (Wildman–Crippen LogP) is 3.89. The number of anilines is 2. The Balaban J connectivity index is 1.92. The third kappa shape index (κ3) is 2.64. The topological polar surface area (TPSA) is 32.3 Å². The summed E-state index contributed by atoms with van der Waals surface area (Å²) < 4.78 is 0. The van der Waals surface area contributed by atoms with Crippen LogP contribution in [0.3, 0.4) is 0 Å². The molecule has 0 bridgehead atoms. The van der Waals surface area contributed by atoms with Crippen LogP contribution in [0.15, 0.2) is 42.5 Å². The van der Waals surface area contributed by atoms with Crippen LogP contribution in [0.2, 0.25) is 0 Å². The van der Waals surface area contributed by atoms with E-state index in [2.05, 4.69) is 25.2 Å². The number of carbonyl (C=O) groups excluding carboxylic acids is 1. The number of likely N-dealkylation sites (tertiary alicyclic amines) is 1. The Morgan fingerprint density at radius 2 is 1.71 bits per heavy atom. The Morgan fingerprint density at radius 3 is 2.43 bits per heavy atom. The number of benzene rings is 2. The molecule has 21 heavy (non-hydrogen) atoms. The smallest absolute Gasteiger partial charge is 0.255 e. The van der Waals surface area contributed by atoms with Crippen molar-refractivity contribution < 1.29 is 4.79 Å². The molecule has 1 heterocycles. The third-order valence-electron chi connectivity index (χ3n) is 4.17. The Hall–Kier alpha value is -2.29. The van der Waals surface area contributed by atoms with Crippen LogP contribution in [0.1, 0.15) is 27.9 Å². The number of hydrogen-bond donors (Lipinski definition) is 1. The van der Waals surface area contributed by atoms with Crippen LogP contribution in [-0.2, 0) is 0 Å². The molecule has 0 atom stereocenters. The Morgan fingerprint density at radius 1 is 1.00 bits per heavy atom. The second-order valence-electron chi connectivity index (χ2n) is 5.56. The van der Waals surface area contributed by atoms with Gasteiger partial charge in [0, 0.05) is 18.8 Å². The van der Waals surface area contributed by atoms with Crippen molar-refractivity contribution in [3.8, 4) is 0 Å². The van der Waals surface area contributed by atoms with E-state index in [9.17, 15) is 4.79 Å². The van der Waals surface area contributed by atoms with Gasteiger partial charge in [-0.3, -0.25) is 4.79 Å². The largest absolute Gasteiger partial charge is 0.355 e. The maximum atomic E-state index is 12.5. The van der Waals surface area contributed by atoms with Gasteiger partial charge in [-0.1, -0.05) is 24.3 Å². The van der Waals surface area contributed by atoms with Gasteiger partial charge < -0.3 is 10.2 Å². The molecule has 1 aliphatic rings. The molecule has 2 aromatic carbocycles. The van der Waals surface area contributed by atoms with Crippen LogP contribution in [-0.4, -0.2) is 23.9 Å². The summed E-state index contributed by atoms with van der Waals surface area (Å²) in [5.41, 5.74) is 5.13. The zero-order chi connectivity index (χ0) is 14.8. The van der Waals surface area contributed by atoms with Gasteiger partial charge >= 0.3 is 0 Å². The van der Waals surface area contributed by atoms with E-state index in [1.807, 2.05) is 41.3 Å². The van der Waals surface area contributed by atoms with Crippen LogP contribution in [0.4, 0.5) is 11.4 Å². The molecule has 108 valence electrons. The molecule has 1 N–H and O–H groups in total. The normalized spacial score (nSPS) is 13.7. The van der Waals surface area contributed by atoms with Crippen molar-refractivity contribution in [2.45, 2.75) is 20.3 Å². The molecule has 0 aliphatic carbocycles. The van der Waals surface area contributed by atoms with Crippen LogP contribution in [0, 0.1) is 13.8 Å². The minimum Gasteiger partial charge on any atom is -0.355 e. The molecule has 0 spiro atoms. The molecule has 1 amide bonds. The van der Waals surface area contributed by atoms with Gasteiger partial charge in [0.15, 0.2) is 0 Å². The van der Waals surface area contributed by atoms with Gasteiger partial charge in [0.1, 0.15) is 0 Å². The lowest BCUT2D eigenvalue weighted by Gasteiger charge is -2.31. The molecule has 0 saturated carbocycles. The zero-order valence-corrected chi connectivity index (χ0v) is 12.5. The number of amides is 1. The van der Waals surface area contributed by atoms with Gasteiger partial charge in [0.25, 0.3) is 5.91 Å². The van der Waals surface area contributed by atoms with E-state index in [-0.39, 0.29) is 5.91 Å². The quantitative estimate of drug-likeness (QED) is 0.925. The average Bonchev–Trinajstić information content (AvgIpc) is 2.42. The maximum Gasteiger partial charge on any atom is 0.255 e. The predicted molar refractivity (Wildman–Crippen MR) is 86.2 cm³/mol. The Bertz CT molecular complexity index is 675. The Labute approximate surface area is 125 Å². The van der Waals surface area contributed by atoms with Crippen molar-refractivity contribution in [2.75, 3.05) is 18.4 Å². The SMILES string of the molecule is Cc1cccc(Nc2ccccc2C(=O)N2CCC2)c1C. The highest BCUT2D eigenvalue weighted by molar-refractivity contribution is 6.00. The lowest BCUT2D eigenvalue weighted by molar-refractivity contribution is 0.0653. The standard InChI is InChI=1S/C18H20N2O/c1-13-7-5-10-16(14(13)2)19-17-9-4-3-8-15(17)18(21)20-11-6-12-20/h3-5,7-10,19H,6,11-12H2,1-2H3. The monoisotopic (exact) mass is 280 g/mol. The highest BCUT2D eigenvalue weighted by Crippen LogP contribution is 2.26. The van der Waals surface area contributed by atoms with Gasteiger partial charge in [-0.15, -0.1) is 0 Å². The summed E-state index contributed by atoms with van der Waals surface area (Å²) in [6, 6.07) is 13.9. The molecule has 3 nitrogen and oxygen atoms in total. The number of aryl methyl sites for hydroxylation is 1. The van der Waals surface area contributed by atoms with Crippen LogP contribution in [0.25, 0.3) is 0 Å². The fourth-order valence-electron chi connectivity index (χ4n) is 2.50. The molecule has 0 unspecified atom stereocenters. The van der Waals surface area contributed by atoms with Crippen molar-refractivity contribution in [3.63, 3.8) is 0 Å². The number of carbonyl (C=O) groups is 1. The first-order valence-electron chi connectivity index (χ1n) is 7.38. The van der Waals surface area contributed by atoms with E-state index in [4.69, 9.17) is 0 Å². The number of rotatable bonds is 3. The van der Waals surface area contributed by atoms with E-state index in [0.717, 1.165) is 36.4 Å². The van der Waals surface area contributed by atoms with Crippen LogP contribution < -0.4 is 5.32 Å². The summed E-state index contributed by atoms with van der Waals surface area (Å²) in [6.45, 7) is 5.93. The summed E-state index contributed by atoms with van der Waals surface area (Å²) in [6.07, 6.45) is 1.11. The molecule has 1 aliphatic heterocycles. The van der Waals surface area contributed by atoms with E-state index < -0.39 is 0 Å². The van der Waals surface area contributed by atoms with Crippen LogP contribution >= 0.6 is 0 Å². The molecule has 3 rings (SSSR count). The molecule has 1 saturated heterocycles. The summed E-state index contributed by atoms with van der Waals surface area (Å²) in [7, 11) is 0. The molecule has 0 aromatic heterocycles. The minimum absolute atomic E-state index is 0.120. The number of para-hydroxylation sites is 1. The second-order valence-corrected chi connectivity index (χ2v) is 5.56. The molecule has 1 fully saturated rings. The highest BCUT2D eigenvalue weighted by atomic mass is 16.2. The summed E-state index contributed by atoms with van der Waals surface area (Å²) in [5.74, 6) is 0.120. The van der Waals surface area contributed by atoms with Gasteiger partial charge in [-0.25, -0.2) is 0 Å². The fourth-order valence-corrected chi connectivity index (χ4v) is 2.50.